The van der Waals surface area contributed by atoms with Crippen molar-refractivity contribution in [1.82, 2.24) is 14.8 Å². The van der Waals surface area contributed by atoms with Crippen LogP contribution in [0.1, 0.15) is 27.9 Å². The summed E-state index contributed by atoms with van der Waals surface area (Å²) in [6, 6.07) is 6.81. The molecule has 5 nitrogen and oxygen atoms in total. The first kappa shape index (κ1) is 22.2. The number of hydrogen-bond acceptors (Lipinski definition) is 4. The zero-order valence-corrected chi connectivity index (χ0v) is 17.5. The molecule has 1 aromatic heterocycles. The lowest BCUT2D eigenvalue weighted by molar-refractivity contribution is -0.141. The van der Waals surface area contributed by atoms with Gasteiger partial charge in [-0.15, -0.1) is 0 Å². The van der Waals surface area contributed by atoms with Crippen molar-refractivity contribution >= 4 is 11.6 Å². The monoisotopic (exact) mass is 420 g/mol. The molecule has 1 aliphatic rings. The number of rotatable bonds is 5. The van der Waals surface area contributed by atoms with Crippen LogP contribution in [0.3, 0.4) is 0 Å². The smallest absolute Gasteiger partial charge is 0.324 e. The minimum atomic E-state index is -4.43. The summed E-state index contributed by atoms with van der Waals surface area (Å²) >= 11 is 0. The van der Waals surface area contributed by atoms with Gasteiger partial charge >= 0.3 is 6.18 Å². The van der Waals surface area contributed by atoms with Gasteiger partial charge in [0.2, 0.25) is 5.91 Å². The summed E-state index contributed by atoms with van der Waals surface area (Å²) < 4.78 is 38.5. The molecule has 1 aliphatic heterocycles. The van der Waals surface area contributed by atoms with Crippen molar-refractivity contribution in [3.63, 3.8) is 0 Å². The Morgan fingerprint density at radius 3 is 2.23 bits per heavy atom. The first-order chi connectivity index (χ1) is 14.1. The van der Waals surface area contributed by atoms with Gasteiger partial charge in [-0.05, 0) is 49.6 Å². The van der Waals surface area contributed by atoms with Crippen LogP contribution < -0.4 is 5.32 Å². The van der Waals surface area contributed by atoms with E-state index in [0.717, 1.165) is 28.4 Å². The average Bonchev–Trinajstić information content (AvgIpc) is 2.66. The van der Waals surface area contributed by atoms with E-state index in [1.807, 2.05) is 32.9 Å². The van der Waals surface area contributed by atoms with Gasteiger partial charge < -0.3 is 5.32 Å². The largest absolute Gasteiger partial charge is 0.433 e. The lowest BCUT2D eigenvalue weighted by Crippen LogP contribution is -2.48. The second-order valence-electron chi connectivity index (χ2n) is 7.92. The number of aromatic nitrogens is 1. The van der Waals surface area contributed by atoms with E-state index in [2.05, 4.69) is 20.1 Å². The van der Waals surface area contributed by atoms with Gasteiger partial charge in [-0.2, -0.15) is 13.2 Å². The Kier molecular flexibility index (Phi) is 6.77. The lowest BCUT2D eigenvalue weighted by atomic mass is 10.1. The maximum atomic E-state index is 12.8. The fourth-order valence-electron chi connectivity index (χ4n) is 3.85. The third kappa shape index (κ3) is 5.79. The number of carbonyl (C=O) groups excluding carboxylic acids is 1. The predicted octanol–water partition coefficient (Wildman–Crippen LogP) is 3.78. The summed E-state index contributed by atoms with van der Waals surface area (Å²) in [5.74, 6) is -0.0533. The minimum Gasteiger partial charge on any atom is -0.324 e. The zero-order valence-electron chi connectivity index (χ0n) is 17.5. The Bertz CT molecular complexity index is 882. The van der Waals surface area contributed by atoms with Gasteiger partial charge in [0.15, 0.2) is 0 Å². The number of alkyl halides is 3. The molecular weight excluding hydrogens is 393 g/mol. The van der Waals surface area contributed by atoms with Crippen LogP contribution in [0, 0.1) is 20.8 Å². The Balaban J connectivity index is 1.50. The molecule has 3 rings (SSSR count). The van der Waals surface area contributed by atoms with E-state index in [4.69, 9.17) is 0 Å². The summed E-state index contributed by atoms with van der Waals surface area (Å²) in [5, 5.41) is 3.02. The number of carbonyl (C=O) groups is 1. The molecule has 0 bridgehead atoms. The average molecular weight is 420 g/mol. The fraction of sp³-hybridized carbons (Fsp3) is 0.455. The van der Waals surface area contributed by atoms with Crippen LogP contribution in [-0.2, 0) is 17.5 Å². The van der Waals surface area contributed by atoms with Crippen molar-refractivity contribution in [2.45, 2.75) is 33.5 Å². The first-order valence-electron chi connectivity index (χ1n) is 9.96. The molecule has 2 aromatic rings. The van der Waals surface area contributed by atoms with Crippen LogP contribution in [0.2, 0.25) is 0 Å². The van der Waals surface area contributed by atoms with Gasteiger partial charge in [-0.3, -0.25) is 19.6 Å². The van der Waals surface area contributed by atoms with E-state index in [9.17, 15) is 18.0 Å². The van der Waals surface area contributed by atoms with Crippen LogP contribution in [0.25, 0.3) is 0 Å². The normalized spacial score (nSPS) is 15.9. The number of amides is 1. The highest BCUT2D eigenvalue weighted by molar-refractivity contribution is 5.93. The van der Waals surface area contributed by atoms with Crippen molar-refractivity contribution in [1.29, 1.82) is 0 Å². The third-order valence-corrected chi connectivity index (χ3v) is 5.29. The van der Waals surface area contributed by atoms with Crippen LogP contribution in [-0.4, -0.2) is 53.4 Å². The molecule has 0 atom stereocenters. The molecule has 0 unspecified atom stereocenters. The number of nitrogens with one attached hydrogen (secondary N) is 1. The number of piperazine rings is 1. The zero-order chi connectivity index (χ0) is 21.9. The standard InChI is InChI=1S/C22H27F3N4O/c1-15-10-16(2)21(17(3)11-15)27-20(30)14-29-8-6-28(7-9-29)13-18-4-5-26-19(12-18)22(23,24)25/h4-5,10-12H,6-9,13-14H2,1-3H3,(H,27,30). The molecule has 162 valence electrons. The Labute approximate surface area is 174 Å². The Hall–Kier alpha value is -2.45. The fourth-order valence-corrected chi connectivity index (χ4v) is 3.85. The van der Waals surface area contributed by atoms with Gasteiger partial charge in [0, 0.05) is 44.6 Å². The van der Waals surface area contributed by atoms with E-state index in [0.29, 0.717) is 44.8 Å². The molecule has 2 heterocycles. The summed E-state index contributed by atoms with van der Waals surface area (Å²) in [5.41, 5.74) is 3.84. The first-order valence-corrected chi connectivity index (χ1v) is 9.96. The van der Waals surface area contributed by atoms with E-state index in [1.165, 1.54) is 6.20 Å². The summed E-state index contributed by atoms with van der Waals surface area (Å²) in [6.45, 7) is 9.50. The number of benzene rings is 1. The van der Waals surface area contributed by atoms with Crippen LogP contribution in [0.15, 0.2) is 30.5 Å². The molecule has 1 N–H and O–H groups in total. The molecule has 1 fully saturated rings. The van der Waals surface area contributed by atoms with Crippen LogP contribution in [0.5, 0.6) is 0 Å². The predicted molar refractivity (Wildman–Crippen MR) is 110 cm³/mol. The van der Waals surface area contributed by atoms with Gasteiger partial charge in [0.1, 0.15) is 5.69 Å². The summed E-state index contributed by atoms with van der Waals surface area (Å²) in [7, 11) is 0. The lowest BCUT2D eigenvalue weighted by Gasteiger charge is -2.34. The molecule has 0 radical (unpaired) electrons. The van der Waals surface area contributed by atoms with Crippen LogP contribution in [0.4, 0.5) is 18.9 Å². The molecule has 0 saturated carbocycles. The molecule has 1 amide bonds. The quantitative estimate of drug-likeness (QED) is 0.800. The van der Waals surface area contributed by atoms with E-state index >= 15 is 0 Å². The number of pyridine rings is 1. The maximum absolute atomic E-state index is 12.8. The van der Waals surface area contributed by atoms with E-state index in [1.54, 1.807) is 6.07 Å². The van der Waals surface area contributed by atoms with Gasteiger partial charge in [0.05, 0.1) is 6.54 Å². The van der Waals surface area contributed by atoms with Crippen molar-refractivity contribution in [2.75, 3.05) is 38.0 Å². The highest BCUT2D eigenvalue weighted by Gasteiger charge is 2.32. The molecule has 0 spiro atoms. The molecule has 30 heavy (non-hydrogen) atoms. The molecule has 1 saturated heterocycles. The molecule has 0 aliphatic carbocycles. The second kappa shape index (κ2) is 9.14. The highest BCUT2D eigenvalue weighted by Crippen LogP contribution is 2.28. The number of anilines is 1. The van der Waals surface area contributed by atoms with E-state index < -0.39 is 11.9 Å². The summed E-state index contributed by atoms with van der Waals surface area (Å²) in [6.07, 6.45) is -3.23. The van der Waals surface area contributed by atoms with Gasteiger partial charge in [-0.1, -0.05) is 17.7 Å². The van der Waals surface area contributed by atoms with Crippen molar-refractivity contribution in [3.8, 4) is 0 Å². The Morgan fingerprint density at radius 2 is 1.63 bits per heavy atom. The van der Waals surface area contributed by atoms with Gasteiger partial charge in [-0.25, -0.2) is 0 Å². The SMILES string of the molecule is Cc1cc(C)c(NC(=O)CN2CCN(Cc3ccnc(C(F)(F)F)c3)CC2)c(C)c1. The second-order valence-corrected chi connectivity index (χ2v) is 7.92. The van der Waals surface area contributed by atoms with Gasteiger partial charge in [0.25, 0.3) is 0 Å². The van der Waals surface area contributed by atoms with Crippen LogP contribution >= 0.6 is 0 Å². The number of hydrogen-bond donors (Lipinski definition) is 1. The molecule has 8 heteroatoms. The number of aryl methyl sites for hydroxylation is 3. The minimum absolute atomic E-state index is 0.0533. The summed E-state index contributed by atoms with van der Waals surface area (Å²) in [4.78, 5) is 20.1. The topological polar surface area (TPSA) is 48.5 Å². The molecular formula is C22H27F3N4O. The number of halogens is 3. The van der Waals surface area contributed by atoms with E-state index in [-0.39, 0.29) is 5.91 Å². The van der Waals surface area contributed by atoms with Crippen molar-refractivity contribution in [2.24, 2.45) is 0 Å². The van der Waals surface area contributed by atoms with Crippen molar-refractivity contribution < 1.29 is 18.0 Å². The number of nitrogens with zero attached hydrogens (tertiary/aromatic N) is 3. The maximum Gasteiger partial charge on any atom is 0.433 e. The van der Waals surface area contributed by atoms with Crippen molar-refractivity contribution in [3.05, 3.63) is 58.4 Å². The molecule has 1 aromatic carbocycles. The Morgan fingerprint density at radius 1 is 1.03 bits per heavy atom. The third-order valence-electron chi connectivity index (χ3n) is 5.29. The highest BCUT2D eigenvalue weighted by atomic mass is 19.4.